The first-order valence-electron chi connectivity index (χ1n) is 5.62. The molecule has 1 aromatic rings. The Morgan fingerprint density at radius 1 is 1.24 bits per heavy atom. The van der Waals surface area contributed by atoms with Gasteiger partial charge in [-0.1, -0.05) is 0 Å². The quantitative estimate of drug-likeness (QED) is 0.459. The number of ether oxygens (including phenoxy) is 1. The maximum atomic E-state index is 11.7. The van der Waals surface area contributed by atoms with E-state index in [0.717, 1.165) is 25.7 Å². The third kappa shape index (κ3) is 2.81. The third-order valence-corrected chi connectivity index (χ3v) is 2.89. The van der Waals surface area contributed by atoms with Gasteiger partial charge < -0.3 is 4.74 Å². The van der Waals surface area contributed by atoms with E-state index in [2.05, 4.69) is 0 Å². The monoisotopic (exact) mass is 235 g/mol. The zero-order valence-corrected chi connectivity index (χ0v) is 9.30. The number of nitrogens with zero attached hydrogens (tertiary/aromatic N) is 1. The van der Waals surface area contributed by atoms with Crippen molar-refractivity contribution in [3.8, 4) is 0 Å². The van der Waals surface area contributed by atoms with E-state index in [-0.39, 0.29) is 11.8 Å². The standard InChI is InChI=1S/C12H13NO4/c14-12(17-11-3-1-2-4-11)9-5-7-10(8-6-9)13(15)16/h5-8,11H,1-4H2. The van der Waals surface area contributed by atoms with Crippen LogP contribution in [0, 0.1) is 10.1 Å². The first-order chi connectivity index (χ1) is 8.16. The van der Waals surface area contributed by atoms with Gasteiger partial charge in [-0.3, -0.25) is 10.1 Å². The summed E-state index contributed by atoms with van der Waals surface area (Å²) >= 11 is 0. The van der Waals surface area contributed by atoms with Gasteiger partial charge in [0, 0.05) is 12.1 Å². The molecular weight excluding hydrogens is 222 g/mol. The van der Waals surface area contributed by atoms with Crippen molar-refractivity contribution in [3.05, 3.63) is 39.9 Å². The molecule has 17 heavy (non-hydrogen) atoms. The van der Waals surface area contributed by atoms with Gasteiger partial charge in [0.15, 0.2) is 0 Å². The van der Waals surface area contributed by atoms with E-state index in [1.807, 2.05) is 0 Å². The lowest BCUT2D eigenvalue weighted by Crippen LogP contribution is -2.14. The highest BCUT2D eigenvalue weighted by atomic mass is 16.6. The molecule has 1 aromatic carbocycles. The van der Waals surface area contributed by atoms with Crippen LogP contribution in [0.2, 0.25) is 0 Å². The maximum Gasteiger partial charge on any atom is 0.338 e. The molecule has 1 saturated carbocycles. The maximum absolute atomic E-state index is 11.7. The SMILES string of the molecule is O=C(OC1CCCC1)c1ccc([N+](=O)[O-])cc1. The van der Waals surface area contributed by atoms with Gasteiger partial charge in [0.2, 0.25) is 0 Å². The summed E-state index contributed by atoms with van der Waals surface area (Å²) in [6.45, 7) is 0. The number of carbonyl (C=O) groups excluding carboxylic acids is 1. The molecule has 0 saturated heterocycles. The minimum atomic E-state index is -0.494. The van der Waals surface area contributed by atoms with Gasteiger partial charge in [0.05, 0.1) is 10.5 Å². The van der Waals surface area contributed by atoms with Gasteiger partial charge in [-0.25, -0.2) is 4.79 Å². The molecule has 0 spiro atoms. The molecule has 5 nitrogen and oxygen atoms in total. The van der Waals surface area contributed by atoms with Crippen molar-refractivity contribution < 1.29 is 14.5 Å². The minimum Gasteiger partial charge on any atom is -0.459 e. The molecule has 0 unspecified atom stereocenters. The smallest absolute Gasteiger partial charge is 0.338 e. The van der Waals surface area contributed by atoms with Crippen molar-refractivity contribution in [1.29, 1.82) is 0 Å². The Balaban J connectivity index is 2.01. The fraction of sp³-hybridized carbons (Fsp3) is 0.417. The van der Waals surface area contributed by atoms with Crippen LogP contribution in [0.15, 0.2) is 24.3 Å². The van der Waals surface area contributed by atoms with Gasteiger partial charge in [-0.05, 0) is 37.8 Å². The lowest BCUT2D eigenvalue weighted by molar-refractivity contribution is -0.384. The van der Waals surface area contributed by atoms with Crippen molar-refractivity contribution in [2.45, 2.75) is 31.8 Å². The van der Waals surface area contributed by atoms with Crippen LogP contribution >= 0.6 is 0 Å². The lowest BCUT2D eigenvalue weighted by Gasteiger charge is -2.10. The average molecular weight is 235 g/mol. The third-order valence-electron chi connectivity index (χ3n) is 2.89. The van der Waals surface area contributed by atoms with Gasteiger partial charge >= 0.3 is 5.97 Å². The van der Waals surface area contributed by atoms with Crippen molar-refractivity contribution in [2.24, 2.45) is 0 Å². The molecule has 2 rings (SSSR count). The summed E-state index contributed by atoms with van der Waals surface area (Å²) in [6.07, 6.45) is 4.03. The largest absolute Gasteiger partial charge is 0.459 e. The molecule has 0 N–H and O–H groups in total. The minimum absolute atomic E-state index is 0.0118. The summed E-state index contributed by atoms with van der Waals surface area (Å²) in [5.41, 5.74) is 0.338. The highest BCUT2D eigenvalue weighted by Crippen LogP contribution is 2.22. The lowest BCUT2D eigenvalue weighted by atomic mass is 10.2. The Morgan fingerprint density at radius 3 is 2.35 bits per heavy atom. The van der Waals surface area contributed by atoms with E-state index in [1.54, 1.807) is 0 Å². The number of hydrogen-bond donors (Lipinski definition) is 0. The molecule has 1 aliphatic rings. The van der Waals surface area contributed by atoms with E-state index in [0.29, 0.717) is 5.56 Å². The van der Waals surface area contributed by atoms with E-state index in [9.17, 15) is 14.9 Å². The van der Waals surface area contributed by atoms with Gasteiger partial charge in [0.25, 0.3) is 5.69 Å². The van der Waals surface area contributed by atoms with Gasteiger partial charge in [-0.2, -0.15) is 0 Å². The van der Waals surface area contributed by atoms with E-state index in [1.165, 1.54) is 24.3 Å². The predicted octanol–water partition coefficient (Wildman–Crippen LogP) is 2.69. The fourth-order valence-corrected chi connectivity index (χ4v) is 1.94. The number of rotatable bonds is 3. The Morgan fingerprint density at radius 2 is 1.82 bits per heavy atom. The van der Waals surface area contributed by atoms with E-state index >= 15 is 0 Å². The molecule has 0 atom stereocenters. The Labute approximate surface area is 98.5 Å². The number of esters is 1. The highest BCUT2D eigenvalue weighted by molar-refractivity contribution is 5.89. The molecular formula is C12H13NO4. The summed E-state index contributed by atoms with van der Waals surface area (Å²) in [5, 5.41) is 10.5. The second kappa shape index (κ2) is 4.95. The summed E-state index contributed by atoms with van der Waals surface area (Å²) in [7, 11) is 0. The number of carbonyl (C=O) groups is 1. The Kier molecular flexibility index (Phi) is 3.37. The van der Waals surface area contributed by atoms with Crippen LogP contribution < -0.4 is 0 Å². The Bertz CT molecular complexity index is 421. The molecule has 90 valence electrons. The topological polar surface area (TPSA) is 69.4 Å². The molecule has 0 aliphatic heterocycles. The van der Waals surface area contributed by atoms with Crippen molar-refractivity contribution in [2.75, 3.05) is 0 Å². The van der Waals surface area contributed by atoms with Crippen LogP contribution in [0.1, 0.15) is 36.0 Å². The van der Waals surface area contributed by atoms with Crippen molar-refractivity contribution in [3.63, 3.8) is 0 Å². The van der Waals surface area contributed by atoms with E-state index < -0.39 is 10.9 Å². The number of nitro groups is 1. The molecule has 0 heterocycles. The summed E-state index contributed by atoms with van der Waals surface area (Å²) in [6, 6.07) is 5.47. The van der Waals surface area contributed by atoms with Crippen LogP contribution in [0.4, 0.5) is 5.69 Å². The molecule has 1 aliphatic carbocycles. The van der Waals surface area contributed by atoms with Crippen LogP contribution in [-0.4, -0.2) is 17.0 Å². The second-order valence-corrected chi connectivity index (χ2v) is 4.12. The molecule has 0 amide bonds. The number of benzene rings is 1. The van der Waals surface area contributed by atoms with Crippen LogP contribution in [-0.2, 0) is 4.74 Å². The van der Waals surface area contributed by atoms with Gasteiger partial charge in [0.1, 0.15) is 6.10 Å². The predicted molar refractivity (Wildman–Crippen MR) is 60.8 cm³/mol. The fourth-order valence-electron chi connectivity index (χ4n) is 1.94. The molecule has 5 heteroatoms. The van der Waals surface area contributed by atoms with Crippen molar-refractivity contribution in [1.82, 2.24) is 0 Å². The zero-order valence-electron chi connectivity index (χ0n) is 9.30. The summed E-state index contributed by atoms with van der Waals surface area (Å²) in [4.78, 5) is 21.6. The highest BCUT2D eigenvalue weighted by Gasteiger charge is 2.20. The Hall–Kier alpha value is -1.91. The van der Waals surface area contributed by atoms with Crippen LogP contribution in [0.3, 0.4) is 0 Å². The zero-order chi connectivity index (χ0) is 12.3. The second-order valence-electron chi connectivity index (χ2n) is 4.12. The van der Waals surface area contributed by atoms with E-state index in [4.69, 9.17) is 4.74 Å². The normalized spacial score (nSPS) is 15.8. The van der Waals surface area contributed by atoms with Crippen LogP contribution in [0.25, 0.3) is 0 Å². The molecule has 0 radical (unpaired) electrons. The first kappa shape index (κ1) is 11.6. The molecule has 0 aromatic heterocycles. The number of non-ortho nitro benzene ring substituents is 1. The number of nitro benzene ring substituents is 1. The average Bonchev–Trinajstić information content (AvgIpc) is 2.82. The van der Waals surface area contributed by atoms with Crippen molar-refractivity contribution >= 4 is 11.7 Å². The first-order valence-corrected chi connectivity index (χ1v) is 5.62. The molecule has 0 bridgehead atoms. The van der Waals surface area contributed by atoms with Crippen LogP contribution in [0.5, 0.6) is 0 Å². The summed E-state index contributed by atoms with van der Waals surface area (Å²) < 4.78 is 5.29. The number of hydrogen-bond acceptors (Lipinski definition) is 4. The summed E-state index contributed by atoms with van der Waals surface area (Å²) in [5.74, 6) is -0.396. The molecule has 1 fully saturated rings. The van der Waals surface area contributed by atoms with Gasteiger partial charge in [-0.15, -0.1) is 0 Å².